The van der Waals surface area contributed by atoms with Crippen molar-refractivity contribution in [2.75, 3.05) is 0 Å². The second-order valence-corrected chi connectivity index (χ2v) is 15.3. The van der Waals surface area contributed by atoms with Gasteiger partial charge in [0, 0.05) is 0 Å². The van der Waals surface area contributed by atoms with E-state index < -0.39 is 39.9 Å². The third-order valence-corrected chi connectivity index (χ3v) is 8.90. The zero-order valence-electron chi connectivity index (χ0n) is 5.75. The minimum atomic E-state index is -4.03. The van der Waals surface area contributed by atoms with Gasteiger partial charge in [0.2, 0.25) is 0 Å². The van der Waals surface area contributed by atoms with Crippen LogP contribution in [0.1, 0.15) is 0 Å². The molecule has 2 unspecified atom stereocenters. The van der Waals surface area contributed by atoms with Crippen molar-refractivity contribution in [3.05, 3.63) is 20.2 Å². The number of hydrogen-bond acceptors (Lipinski definition) is 4. The molecule has 0 N–H and O–H groups in total. The first-order valence-electron chi connectivity index (χ1n) is 2.64. The predicted molar refractivity (Wildman–Crippen MR) is 33.4 cm³/mol. The second-order valence-electron chi connectivity index (χ2n) is 2.02. The van der Waals surface area contributed by atoms with Crippen LogP contribution in [0.2, 0.25) is 0 Å². The van der Waals surface area contributed by atoms with Crippen LogP contribution in [-0.4, -0.2) is 15.4 Å². The summed E-state index contributed by atoms with van der Waals surface area (Å²) < 4.78 is 18.1. The van der Waals surface area contributed by atoms with Crippen LogP contribution in [0, 0.1) is 20.2 Å². The molecule has 0 heterocycles. The van der Waals surface area contributed by atoms with E-state index in [2.05, 4.69) is 23.2 Å². The molecule has 2 atom stereocenters. The van der Waals surface area contributed by atoms with Gasteiger partial charge in [-0.05, 0) is 0 Å². The summed E-state index contributed by atoms with van der Waals surface area (Å²) in [5.74, 6) is 0. The standard InChI is InChI=1S/2CClFNO2.Hg/c2*2-1(3)4(5)6;. The topological polar surface area (TPSA) is 86.3 Å². The molecule has 0 rings (SSSR count). The maximum absolute atomic E-state index is 12.6. The fourth-order valence-corrected chi connectivity index (χ4v) is 7.09. The molecule has 11 heteroatoms. The van der Waals surface area contributed by atoms with Gasteiger partial charge in [-0.25, -0.2) is 0 Å². The monoisotopic (exact) mass is 426 g/mol. The van der Waals surface area contributed by atoms with Crippen LogP contribution in [0.25, 0.3) is 0 Å². The number of alkyl halides is 4. The molecule has 0 aliphatic heterocycles. The Morgan fingerprint density at radius 3 is 1.46 bits per heavy atom. The van der Waals surface area contributed by atoms with E-state index >= 15 is 0 Å². The maximum atomic E-state index is 12.6. The molecule has 0 aliphatic rings. The normalized spacial score (nSPS) is 19.4. The number of nitrogens with zero attached hydrogens (tertiary/aromatic N) is 2. The summed E-state index contributed by atoms with van der Waals surface area (Å²) in [6.45, 7) is 0. The predicted octanol–water partition coefficient (Wildman–Crippen LogP) is 1.26. The first-order chi connectivity index (χ1) is 5.59. The molecular weight excluding hydrogens is 426 g/mol. The van der Waals surface area contributed by atoms with Crippen LogP contribution in [0.4, 0.5) is 8.78 Å². The Hall–Kier alpha value is 0.175. The zero-order valence-corrected chi connectivity index (χ0v) is 12.8. The van der Waals surface area contributed by atoms with Gasteiger partial charge in [-0.15, -0.1) is 0 Å². The Morgan fingerprint density at radius 1 is 1.08 bits per heavy atom. The molecule has 0 aromatic rings. The first-order valence-corrected chi connectivity index (χ1v) is 8.89. The average Bonchev–Trinajstić information content (AvgIpc) is 1.83. The summed E-state index contributed by atoms with van der Waals surface area (Å²) in [6.07, 6.45) is 0. The van der Waals surface area contributed by atoms with E-state index in [1.165, 1.54) is 0 Å². The summed E-state index contributed by atoms with van der Waals surface area (Å²) in [5, 5.41) is 19.7. The number of hydrogen-bond donors (Lipinski definition) is 0. The van der Waals surface area contributed by atoms with E-state index in [4.69, 9.17) is 0 Å². The first kappa shape index (κ1) is 13.2. The van der Waals surface area contributed by atoms with Crippen LogP contribution in [0.5, 0.6) is 0 Å². The summed E-state index contributed by atoms with van der Waals surface area (Å²) in [6, 6.07) is 0. The SMILES string of the molecule is O=[N+]([O-])[C](F)(Cl)[Hg][C](F)(Cl)[N+](=O)[O-]. The Bertz CT molecular complexity index is 224. The Labute approximate surface area is 91.9 Å². The average molecular weight is 426 g/mol. The van der Waals surface area contributed by atoms with Gasteiger partial charge in [-0.1, -0.05) is 0 Å². The molecule has 0 spiro atoms. The summed E-state index contributed by atoms with van der Waals surface area (Å²) in [5.41, 5.74) is 0. The quantitative estimate of drug-likeness (QED) is 0.223. The number of rotatable bonds is 4. The van der Waals surface area contributed by atoms with E-state index in [9.17, 15) is 29.0 Å². The van der Waals surface area contributed by atoms with Crippen molar-refractivity contribution < 1.29 is 43.2 Å². The van der Waals surface area contributed by atoms with Gasteiger partial charge in [0.05, 0.1) is 0 Å². The molecule has 0 amide bonds. The van der Waals surface area contributed by atoms with Crippen molar-refractivity contribution in [2.24, 2.45) is 0 Å². The van der Waals surface area contributed by atoms with Crippen LogP contribution >= 0.6 is 23.2 Å². The van der Waals surface area contributed by atoms with Crippen molar-refractivity contribution in [1.82, 2.24) is 0 Å². The Balaban J connectivity index is 4.61. The third-order valence-electron chi connectivity index (χ3n) is 0.960. The van der Waals surface area contributed by atoms with E-state index in [1.807, 2.05) is 0 Å². The Kier molecular flexibility index (Phi) is 4.19. The van der Waals surface area contributed by atoms with Crippen LogP contribution < -0.4 is 0 Å². The summed E-state index contributed by atoms with van der Waals surface area (Å²) >= 11 is 5.17. The van der Waals surface area contributed by atoms with Gasteiger partial charge in [0.1, 0.15) is 0 Å². The molecule has 72 valence electrons. The fourth-order valence-electron chi connectivity index (χ4n) is 0.385. The molecule has 6 nitrogen and oxygen atoms in total. The van der Waals surface area contributed by atoms with Gasteiger partial charge in [-0.2, -0.15) is 0 Å². The summed E-state index contributed by atoms with van der Waals surface area (Å²) in [4.78, 5) is 16.4. The van der Waals surface area contributed by atoms with Crippen molar-refractivity contribution in [1.29, 1.82) is 0 Å². The molecule has 0 bridgehead atoms. The van der Waals surface area contributed by atoms with Crippen molar-refractivity contribution >= 4 is 23.2 Å². The third kappa shape index (κ3) is 3.82. The molecule has 13 heavy (non-hydrogen) atoms. The molecule has 0 aliphatic carbocycles. The zero-order chi connectivity index (χ0) is 10.9. The van der Waals surface area contributed by atoms with Crippen LogP contribution in [0.3, 0.4) is 0 Å². The van der Waals surface area contributed by atoms with E-state index in [1.54, 1.807) is 0 Å². The van der Waals surface area contributed by atoms with Gasteiger partial charge in [0.15, 0.2) is 0 Å². The molecule has 0 radical (unpaired) electrons. The van der Waals surface area contributed by atoms with Crippen molar-refractivity contribution in [3.63, 3.8) is 0 Å². The summed E-state index contributed by atoms with van der Waals surface area (Å²) in [7, 11) is 0. The van der Waals surface area contributed by atoms with Gasteiger partial charge in [-0.3, -0.25) is 0 Å². The van der Waals surface area contributed by atoms with E-state index in [0.717, 1.165) is 0 Å². The van der Waals surface area contributed by atoms with E-state index in [-0.39, 0.29) is 0 Å². The molecular formula is C2Cl2F2HgN2O4. The van der Waals surface area contributed by atoms with Crippen molar-refractivity contribution in [3.8, 4) is 0 Å². The number of halogens is 4. The molecule has 0 fully saturated rings. The Morgan fingerprint density at radius 2 is 1.31 bits per heavy atom. The second kappa shape index (κ2) is 4.14. The fraction of sp³-hybridized carbons (Fsp3) is 1.00. The van der Waals surface area contributed by atoms with Gasteiger partial charge < -0.3 is 0 Å². The van der Waals surface area contributed by atoms with Crippen molar-refractivity contribution in [2.45, 2.75) is 5.52 Å². The van der Waals surface area contributed by atoms with Gasteiger partial charge >= 0.3 is 92.2 Å². The minimum absolute atomic E-state index is 1.61. The van der Waals surface area contributed by atoms with Crippen LogP contribution in [0.15, 0.2) is 0 Å². The molecule has 0 aromatic carbocycles. The molecule has 0 saturated heterocycles. The molecule has 0 saturated carbocycles. The van der Waals surface area contributed by atoms with E-state index in [0.29, 0.717) is 0 Å². The molecule has 0 aromatic heterocycles. The van der Waals surface area contributed by atoms with Gasteiger partial charge in [0.25, 0.3) is 0 Å². The number of nitro groups is 2. The van der Waals surface area contributed by atoms with Crippen LogP contribution in [-0.2, 0) is 24.6 Å².